The summed E-state index contributed by atoms with van der Waals surface area (Å²) >= 11 is 6.15. The summed E-state index contributed by atoms with van der Waals surface area (Å²) in [4.78, 5) is 37.5. The molecular weight excluding hydrogens is 484 g/mol. The van der Waals surface area contributed by atoms with Crippen LogP contribution in [0.5, 0.6) is 5.75 Å². The number of aliphatic carboxylic acids is 1. The van der Waals surface area contributed by atoms with Gasteiger partial charge in [-0.3, -0.25) is 4.79 Å². The molecule has 188 valence electrons. The van der Waals surface area contributed by atoms with Crippen LogP contribution in [0.2, 0.25) is 5.02 Å². The molecule has 0 saturated carbocycles. The first-order valence-corrected chi connectivity index (χ1v) is 11.6. The standard InChI is InChI=1S/C27H27ClN2O6/c1-35-24-13-12-20(14-21(24)28)16-23(26(32)33)29-25(31)22(15-18-8-4-2-5-9-18)30-27(34)36-17-19-10-6-3-7-11-19/h2-14,22-23H,15-17H2,1H3,(H,29,31)(H,30,34)(H,32,33)/t22-,23+/m0/s1. The lowest BCUT2D eigenvalue weighted by Crippen LogP contribution is -2.53. The van der Waals surface area contributed by atoms with Crippen LogP contribution >= 0.6 is 11.6 Å². The van der Waals surface area contributed by atoms with Crippen LogP contribution in [0, 0.1) is 0 Å². The van der Waals surface area contributed by atoms with Crippen LogP contribution in [-0.4, -0.2) is 42.3 Å². The smallest absolute Gasteiger partial charge is 0.408 e. The Morgan fingerprint density at radius 3 is 2.03 bits per heavy atom. The predicted octanol–water partition coefficient (Wildman–Crippen LogP) is 4.00. The average Bonchev–Trinajstić information content (AvgIpc) is 2.88. The second kappa shape index (κ2) is 13.2. The number of alkyl carbamates (subject to hydrolysis) is 1. The molecule has 3 aromatic rings. The fraction of sp³-hybridized carbons (Fsp3) is 0.222. The SMILES string of the molecule is COc1ccc(C[C@@H](NC(=O)[C@H](Cc2ccccc2)NC(=O)OCc2ccccc2)C(=O)O)cc1Cl. The minimum atomic E-state index is -1.25. The highest BCUT2D eigenvalue weighted by molar-refractivity contribution is 6.32. The van der Waals surface area contributed by atoms with Gasteiger partial charge in [-0.2, -0.15) is 0 Å². The van der Waals surface area contributed by atoms with Gasteiger partial charge in [-0.15, -0.1) is 0 Å². The van der Waals surface area contributed by atoms with E-state index in [4.69, 9.17) is 21.1 Å². The number of nitrogens with one attached hydrogen (secondary N) is 2. The third-order valence-corrected chi connectivity index (χ3v) is 5.67. The summed E-state index contributed by atoms with van der Waals surface area (Å²) < 4.78 is 10.4. The molecule has 0 bridgehead atoms. The van der Waals surface area contributed by atoms with Crippen molar-refractivity contribution in [3.63, 3.8) is 0 Å². The topological polar surface area (TPSA) is 114 Å². The van der Waals surface area contributed by atoms with Gasteiger partial charge >= 0.3 is 12.1 Å². The van der Waals surface area contributed by atoms with Crippen LogP contribution in [0.15, 0.2) is 78.9 Å². The lowest BCUT2D eigenvalue weighted by atomic mass is 10.0. The summed E-state index contributed by atoms with van der Waals surface area (Å²) in [5.74, 6) is -1.42. The van der Waals surface area contributed by atoms with Crippen LogP contribution in [0.1, 0.15) is 16.7 Å². The highest BCUT2D eigenvalue weighted by atomic mass is 35.5. The molecule has 3 N–H and O–H groups in total. The second-order valence-corrected chi connectivity index (χ2v) is 8.43. The fourth-order valence-corrected chi connectivity index (χ4v) is 3.79. The van der Waals surface area contributed by atoms with Gasteiger partial charge in [0.2, 0.25) is 5.91 Å². The highest BCUT2D eigenvalue weighted by Crippen LogP contribution is 2.25. The summed E-state index contributed by atoms with van der Waals surface area (Å²) in [5.41, 5.74) is 2.18. The molecule has 0 aliphatic carbocycles. The first-order chi connectivity index (χ1) is 17.4. The highest BCUT2D eigenvalue weighted by Gasteiger charge is 2.27. The molecule has 0 unspecified atom stereocenters. The number of hydrogen-bond donors (Lipinski definition) is 3. The van der Waals surface area contributed by atoms with Gasteiger partial charge in [0.05, 0.1) is 12.1 Å². The zero-order valence-corrected chi connectivity index (χ0v) is 20.4. The second-order valence-electron chi connectivity index (χ2n) is 8.02. The molecule has 0 aliphatic heterocycles. The molecule has 0 spiro atoms. The van der Waals surface area contributed by atoms with Crippen molar-refractivity contribution < 1.29 is 29.0 Å². The van der Waals surface area contributed by atoms with Gasteiger partial charge in [0.25, 0.3) is 0 Å². The Morgan fingerprint density at radius 2 is 1.44 bits per heavy atom. The number of amides is 2. The quantitative estimate of drug-likeness (QED) is 0.359. The first kappa shape index (κ1) is 26.6. The molecule has 0 heterocycles. The third kappa shape index (κ3) is 8.02. The van der Waals surface area contributed by atoms with Crippen molar-refractivity contribution in [2.24, 2.45) is 0 Å². The Morgan fingerprint density at radius 1 is 0.833 bits per heavy atom. The monoisotopic (exact) mass is 510 g/mol. The van der Waals surface area contributed by atoms with E-state index in [9.17, 15) is 19.5 Å². The van der Waals surface area contributed by atoms with Crippen LogP contribution in [0.25, 0.3) is 0 Å². The van der Waals surface area contributed by atoms with Gasteiger partial charge in [-0.1, -0.05) is 78.3 Å². The molecule has 0 radical (unpaired) electrons. The number of carboxylic acids is 1. The molecule has 0 aliphatic rings. The third-order valence-electron chi connectivity index (χ3n) is 5.37. The number of halogens is 1. The molecule has 9 heteroatoms. The number of hydrogen-bond acceptors (Lipinski definition) is 5. The number of carbonyl (C=O) groups excluding carboxylic acids is 2. The summed E-state index contributed by atoms with van der Waals surface area (Å²) in [6.45, 7) is 0.0301. The summed E-state index contributed by atoms with van der Waals surface area (Å²) in [5, 5.41) is 15.2. The summed E-state index contributed by atoms with van der Waals surface area (Å²) in [6, 6.07) is 20.8. The van der Waals surface area contributed by atoms with E-state index < -0.39 is 30.1 Å². The maximum Gasteiger partial charge on any atom is 0.408 e. The number of carbonyl (C=O) groups is 3. The van der Waals surface area contributed by atoms with E-state index in [1.165, 1.54) is 7.11 Å². The van der Waals surface area contributed by atoms with E-state index >= 15 is 0 Å². The maximum atomic E-state index is 13.1. The van der Waals surface area contributed by atoms with Crippen molar-refractivity contribution in [2.45, 2.75) is 31.5 Å². The average molecular weight is 511 g/mol. The van der Waals surface area contributed by atoms with Crippen LogP contribution in [0.4, 0.5) is 4.79 Å². The van der Waals surface area contributed by atoms with Crippen molar-refractivity contribution in [3.8, 4) is 5.75 Å². The number of benzene rings is 3. The van der Waals surface area contributed by atoms with E-state index in [1.807, 2.05) is 60.7 Å². The fourth-order valence-electron chi connectivity index (χ4n) is 3.51. The van der Waals surface area contributed by atoms with Gasteiger partial charge in [0, 0.05) is 12.8 Å². The molecule has 2 atom stereocenters. The Labute approximate surface area is 214 Å². The van der Waals surface area contributed by atoms with Crippen molar-refractivity contribution in [1.29, 1.82) is 0 Å². The molecule has 36 heavy (non-hydrogen) atoms. The zero-order valence-electron chi connectivity index (χ0n) is 19.6. The van der Waals surface area contributed by atoms with Crippen LogP contribution < -0.4 is 15.4 Å². The van der Waals surface area contributed by atoms with Gasteiger partial charge in [0.1, 0.15) is 24.4 Å². The summed E-state index contributed by atoms with van der Waals surface area (Å²) in [6.07, 6.45) is -0.654. The largest absolute Gasteiger partial charge is 0.495 e. The molecule has 0 aromatic heterocycles. The first-order valence-electron chi connectivity index (χ1n) is 11.2. The number of carboxylic acid groups (broad SMARTS) is 1. The van der Waals surface area contributed by atoms with Gasteiger partial charge in [-0.25, -0.2) is 9.59 Å². The van der Waals surface area contributed by atoms with E-state index in [0.29, 0.717) is 16.3 Å². The molecule has 3 aromatic carbocycles. The summed E-state index contributed by atoms with van der Waals surface area (Å²) in [7, 11) is 1.48. The normalized spacial score (nSPS) is 12.2. The molecule has 0 saturated heterocycles. The minimum Gasteiger partial charge on any atom is -0.495 e. The Kier molecular flexibility index (Phi) is 9.71. The molecule has 0 fully saturated rings. The van der Waals surface area contributed by atoms with Crippen molar-refractivity contribution >= 4 is 29.6 Å². The molecule has 8 nitrogen and oxygen atoms in total. The molecular formula is C27H27ClN2O6. The van der Waals surface area contributed by atoms with Crippen LogP contribution in [-0.2, 0) is 33.8 Å². The van der Waals surface area contributed by atoms with Gasteiger partial charge < -0.3 is 25.2 Å². The lowest BCUT2D eigenvalue weighted by Gasteiger charge is -2.22. The maximum absolute atomic E-state index is 13.1. The van der Waals surface area contributed by atoms with Gasteiger partial charge in [-0.05, 0) is 28.8 Å². The lowest BCUT2D eigenvalue weighted by molar-refractivity contribution is -0.142. The van der Waals surface area contributed by atoms with Gasteiger partial charge in [0.15, 0.2) is 0 Å². The number of methoxy groups -OCH3 is 1. The van der Waals surface area contributed by atoms with Crippen molar-refractivity contribution in [3.05, 3.63) is 101 Å². The molecule has 3 rings (SSSR count). The van der Waals surface area contributed by atoms with E-state index in [1.54, 1.807) is 18.2 Å². The van der Waals surface area contributed by atoms with Crippen molar-refractivity contribution in [1.82, 2.24) is 10.6 Å². The van der Waals surface area contributed by atoms with Crippen molar-refractivity contribution in [2.75, 3.05) is 7.11 Å². The number of ether oxygens (including phenoxy) is 2. The molecule has 2 amide bonds. The Hall–Kier alpha value is -4.04. The Balaban J connectivity index is 1.70. The Bertz CT molecular complexity index is 1170. The van der Waals surface area contributed by atoms with E-state index in [0.717, 1.165) is 11.1 Å². The van der Waals surface area contributed by atoms with E-state index in [-0.39, 0.29) is 19.4 Å². The van der Waals surface area contributed by atoms with E-state index in [2.05, 4.69) is 10.6 Å². The zero-order chi connectivity index (χ0) is 25.9. The predicted molar refractivity (Wildman–Crippen MR) is 135 cm³/mol. The minimum absolute atomic E-state index is 0.0126. The van der Waals surface area contributed by atoms with Crippen LogP contribution in [0.3, 0.4) is 0 Å². The number of rotatable bonds is 11.